The predicted octanol–water partition coefficient (Wildman–Crippen LogP) is 3.91. The van der Waals surface area contributed by atoms with E-state index in [-0.39, 0.29) is 18.1 Å². The number of allylic oxidation sites excluding steroid dienone is 1. The van der Waals surface area contributed by atoms with Gasteiger partial charge in [0.05, 0.1) is 12.6 Å². The van der Waals surface area contributed by atoms with Crippen molar-refractivity contribution in [3.05, 3.63) is 34.4 Å². The summed E-state index contributed by atoms with van der Waals surface area (Å²) >= 11 is 0. The van der Waals surface area contributed by atoms with Crippen LogP contribution in [0.2, 0.25) is 0 Å². The molecule has 7 aliphatic rings. The van der Waals surface area contributed by atoms with Gasteiger partial charge in [-0.1, -0.05) is 24.1 Å². The Morgan fingerprint density at radius 1 is 1.03 bits per heavy atom. The molecule has 1 unspecified atom stereocenters. The predicted molar refractivity (Wildman–Crippen MR) is 121 cm³/mol. The van der Waals surface area contributed by atoms with Crippen molar-refractivity contribution in [2.75, 3.05) is 6.54 Å². The molecule has 1 amide bonds. The van der Waals surface area contributed by atoms with Gasteiger partial charge >= 0.3 is 0 Å². The van der Waals surface area contributed by atoms with Gasteiger partial charge in [0.15, 0.2) is 0 Å². The number of carbonyl (C=O) groups excluding carboxylic acids is 1. The van der Waals surface area contributed by atoms with E-state index < -0.39 is 11.9 Å². The highest BCUT2D eigenvalue weighted by molar-refractivity contribution is 5.52. The second kappa shape index (κ2) is 7.82. The van der Waals surface area contributed by atoms with Crippen LogP contribution in [-0.2, 0) is 9.53 Å². The maximum atomic E-state index is 11.7. The van der Waals surface area contributed by atoms with Crippen LogP contribution in [0.3, 0.4) is 0 Å². The first kappa shape index (κ1) is 21.1. The van der Waals surface area contributed by atoms with Crippen LogP contribution in [0, 0.1) is 23.2 Å². The van der Waals surface area contributed by atoms with E-state index >= 15 is 0 Å². The first-order valence-corrected chi connectivity index (χ1v) is 12.9. The number of hydrogen-bond donors (Lipinski definition) is 3. The van der Waals surface area contributed by atoms with Gasteiger partial charge in [-0.25, -0.2) is 0 Å². The van der Waals surface area contributed by atoms with Gasteiger partial charge in [-0.05, 0) is 105 Å². The summed E-state index contributed by atoms with van der Waals surface area (Å²) in [6.07, 6.45) is 17.9. The van der Waals surface area contributed by atoms with E-state index in [1.807, 2.05) is 12.2 Å². The van der Waals surface area contributed by atoms with Crippen LogP contribution in [0.15, 0.2) is 34.4 Å². The highest BCUT2D eigenvalue weighted by Gasteiger charge is 2.58. The quantitative estimate of drug-likeness (QED) is 0.580. The Morgan fingerprint density at radius 2 is 1.69 bits per heavy atom. The Bertz CT molecular complexity index is 843. The number of carbonyl (C=O) groups is 1. The van der Waals surface area contributed by atoms with E-state index in [4.69, 9.17) is 4.74 Å². The van der Waals surface area contributed by atoms with Gasteiger partial charge in [-0.3, -0.25) is 4.79 Å². The van der Waals surface area contributed by atoms with Gasteiger partial charge in [0.1, 0.15) is 6.10 Å². The zero-order chi connectivity index (χ0) is 21.9. The van der Waals surface area contributed by atoms with Gasteiger partial charge in [-0.15, -0.1) is 0 Å². The second-order valence-corrected chi connectivity index (χ2v) is 11.7. The molecule has 0 saturated heterocycles. The number of amides is 1. The standard InChI is InChI=1S/C27H37NO4/c29-16-28-15-27(31)23-7-6-21(20-4-2-1-3-5-20)25(30)22(23)11-24(32-27)26-12-17-8-18(13-26)10-19(9-17)14-26/h6-7,16-19,24-25,30-31H,1-5,8-15H2,(H,28,29)/t17?,18?,19?,24-,25?,26?,27-/m1/s1. The average Bonchev–Trinajstić information content (AvgIpc) is 2.78. The molecular weight excluding hydrogens is 402 g/mol. The van der Waals surface area contributed by atoms with Gasteiger partial charge in [0, 0.05) is 5.57 Å². The molecule has 5 fully saturated rings. The van der Waals surface area contributed by atoms with Gasteiger partial charge in [-0.2, -0.15) is 0 Å². The van der Waals surface area contributed by atoms with E-state index in [0.29, 0.717) is 18.4 Å². The minimum atomic E-state index is -1.58. The maximum absolute atomic E-state index is 11.7. The topological polar surface area (TPSA) is 78.8 Å². The largest absolute Gasteiger partial charge is 0.384 e. The summed E-state index contributed by atoms with van der Waals surface area (Å²) < 4.78 is 6.56. The molecule has 32 heavy (non-hydrogen) atoms. The molecule has 0 aromatic rings. The smallest absolute Gasteiger partial charge is 0.210 e. The minimum Gasteiger partial charge on any atom is -0.384 e. The molecule has 0 aromatic heterocycles. The minimum absolute atomic E-state index is 0.0150. The van der Waals surface area contributed by atoms with Gasteiger partial charge < -0.3 is 20.3 Å². The maximum Gasteiger partial charge on any atom is 0.210 e. The molecule has 1 heterocycles. The van der Waals surface area contributed by atoms with Gasteiger partial charge in [0.25, 0.3) is 0 Å². The van der Waals surface area contributed by atoms with Crippen molar-refractivity contribution >= 4 is 6.41 Å². The van der Waals surface area contributed by atoms with Crippen molar-refractivity contribution in [1.82, 2.24) is 5.32 Å². The van der Waals surface area contributed by atoms with Crippen molar-refractivity contribution in [1.29, 1.82) is 0 Å². The van der Waals surface area contributed by atoms with E-state index in [1.54, 1.807) is 0 Å². The lowest BCUT2D eigenvalue weighted by atomic mass is 9.47. The highest BCUT2D eigenvalue weighted by Crippen LogP contribution is 2.63. The molecule has 0 radical (unpaired) electrons. The number of hydrogen-bond acceptors (Lipinski definition) is 4. The zero-order valence-corrected chi connectivity index (χ0v) is 19.0. The SMILES string of the molecule is O=CNC[C@@]1(O)O[C@@H](C23CC4CC(CC(C4)C2)C3)CC2=C1C=CC(=C1CCCCC1)C2O. The molecule has 5 saturated carbocycles. The summed E-state index contributed by atoms with van der Waals surface area (Å²) in [4.78, 5) is 11.1. The molecule has 6 aliphatic carbocycles. The Kier molecular flexibility index (Phi) is 5.16. The molecule has 3 N–H and O–H groups in total. The number of aliphatic hydroxyl groups excluding tert-OH is 1. The van der Waals surface area contributed by atoms with Crippen molar-refractivity contribution in [2.45, 2.75) is 95.0 Å². The lowest BCUT2D eigenvalue weighted by molar-refractivity contribution is -0.255. The Morgan fingerprint density at radius 3 is 2.31 bits per heavy atom. The van der Waals surface area contributed by atoms with Crippen LogP contribution in [0.1, 0.15) is 77.0 Å². The first-order chi connectivity index (χ1) is 15.5. The molecule has 1 aliphatic heterocycles. The third-order valence-corrected chi connectivity index (χ3v) is 9.62. The lowest BCUT2D eigenvalue weighted by Crippen LogP contribution is -2.59. The fourth-order valence-corrected chi connectivity index (χ4v) is 8.66. The van der Waals surface area contributed by atoms with Crippen LogP contribution in [0.25, 0.3) is 0 Å². The number of nitrogens with one attached hydrogen (secondary N) is 1. The van der Waals surface area contributed by atoms with Crippen molar-refractivity contribution in [2.24, 2.45) is 23.2 Å². The van der Waals surface area contributed by atoms with Crippen LogP contribution >= 0.6 is 0 Å². The molecular formula is C27H37NO4. The highest BCUT2D eigenvalue weighted by atomic mass is 16.6. The summed E-state index contributed by atoms with van der Waals surface area (Å²) in [5, 5.41) is 25.9. The summed E-state index contributed by atoms with van der Waals surface area (Å²) in [6, 6.07) is 0. The van der Waals surface area contributed by atoms with Crippen molar-refractivity contribution in [3.63, 3.8) is 0 Å². The van der Waals surface area contributed by atoms with Crippen LogP contribution in [0.5, 0.6) is 0 Å². The van der Waals surface area contributed by atoms with E-state index in [0.717, 1.165) is 41.7 Å². The van der Waals surface area contributed by atoms with E-state index in [2.05, 4.69) is 5.32 Å². The molecule has 5 nitrogen and oxygen atoms in total. The summed E-state index contributed by atoms with van der Waals surface area (Å²) in [7, 11) is 0. The number of ether oxygens (including phenoxy) is 1. The van der Waals surface area contributed by atoms with Gasteiger partial charge in [0.2, 0.25) is 12.2 Å². The Labute approximate surface area is 191 Å². The molecule has 174 valence electrons. The summed E-state index contributed by atoms with van der Waals surface area (Å²) in [5.41, 5.74) is 4.09. The van der Waals surface area contributed by atoms with Crippen molar-refractivity contribution in [3.8, 4) is 0 Å². The normalized spacial score (nSPS) is 45.2. The van der Waals surface area contributed by atoms with Crippen LogP contribution < -0.4 is 5.32 Å². The number of aliphatic hydroxyl groups is 2. The first-order valence-electron chi connectivity index (χ1n) is 12.9. The van der Waals surface area contributed by atoms with E-state index in [1.165, 1.54) is 63.4 Å². The van der Waals surface area contributed by atoms with E-state index in [9.17, 15) is 15.0 Å². The summed E-state index contributed by atoms with van der Waals surface area (Å²) in [5.74, 6) is 0.787. The third kappa shape index (κ3) is 3.35. The molecule has 4 bridgehead atoms. The molecule has 0 aromatic carbocycles. The second-order valence-electron chi connectivity index (χ2n) is 11.7. The lowest BCUT2D eigenvalue weighted by Gasteiger charge is -2.61. The molecule has 0 spiro atoms. The Balaban J connectivity index is 1.37. The Hall–Kier alpha value is -1.43. The average molecular weight is 440 g/mol. The van der Waals surface area contributed by atoms with Crippen molar-refractivity contribution < 1.29 is 19.7 Å². The summed E-state index contributed by atoms with van der Waals surface area (Å²) in [6.45, 7) is 0.0150. The molecule has 3 atom stereocenters. The monoisotopic (exact) mass is 439 g/mol. The zero-order valence-electron chi connectivity index (χ0n) is 19.0. The molecule has 5 heteroatoms. The molecule has 7 rings (SSSR count). The van der Waals surface area contributed by atoms with Crippen LogP contribution in [-0.4, -0.2) is 41.2 Å². The fourth-order valence-electron chi connectivity index (χ4n) is 8.66. The van der Waals surface area contributed by atoms with Crippen LogP contribution in [0.4, 0.5) is 0 Å². The number of rotatable bonds is 4. The fraction of sp³-hybridized carbons (Fsp3) is 0.741. The third-order valence-electron chi connectivity index (χ3n) is 9.62.